The number of ketones is 1. The monoisotopic (exact) mass is 549 g/mol. The fourth-order valence-electron chi connectivity index (χ4n) is 5.77. The first-order valence-electron chi connectivity index (χ1n) is 13.9. The standard InChI is InChI=1S/C30H36FN5O2S/c1-3-25(38)17-20-4-7-23(8-5-20)32-29-28-27(12-15-39-28)34-30(35-29)33-24-9-6-22(26(31)18-24)16-21-10-13-36(14-11-21)19(2)37/h3,6,9,12,15,18,20-21,23H,1,4-5,7-8,10-11,13-14,16-17H2,2H3,(H2,32,33,34,35). The molecule has 1 saturated heterocycles. The molecule has 2 N–H and O–H groups in total. The van der Waals surface area contributed by atoms with Crippen LogP contribution in [0.2, 0.25) is 0 Å². The minimum absolute atomic E-state index is 0.112. The van der Waals surface area contributed by atoms with Gasteiger partial charge in [-0.15, -0.1) is 11.3 Å². The van der Waals surface area contributed by atoms with Crippen molar-refractivity contribution in [1.82, 2.24) is 14.9 Å². The smallest absolute Gasteiger partial charge is 0.229 e. The summed E-state index contributed by atoms with van der Waals surface area (Å²) in [6, 6.07) is 7.49. The number of anilines is 3. The van der Waals surface area contributed by atoms with E-state index in [1.165, 1.54) is 12.1 Å². The topological polar surface area (TPSA) is 87.2 Å². The molecule has 1 aliphatic heterocycles. The molecule has 0 bridgehead atoms. The number of allylic oxidation sites excluding steroid dienone is 1. The van der Waals surface area contributed by atoms with Crippen molar-refractivity contribution in [1.29, 1.82) is 0 Å². The number of carbonyl (C=O) groups is 2. The second kappa shape index (κ2) is 12.2. The molecular formula is C30H36FN5O2S. The highest BCUT2D eigenvalue weighted by atomic mass is 32.1. The molecule has 3 heterocycles. The molecule has 5 rings (SSSR count). The molecule has 1 amide bonds. The number of halogens is 1. The van der Waals surface area contributed by atoms with Gasteiger partial charge in [0.2, 0.25) is 11.9 Å². The number of thiophene rings is 1. The zero-order valence-corrected chi connectivity index (χ0v) is 23.2. The van der Waals surface area contributed by atoms with Crippen molar-refractivity contribution in [2.24, 2.45) is 11.8 Å². The summed E-state index contributed by atoms with van der Waals surface area (Å²) in [5.74, 6) is 2.01. The number of hydrogen-bond acceptors (Lipinski definition) is 7. The Balaban J connectivity index is 1.22. The van der Waals surface area contributed by atoms with Gasteiger partial charge in [0.15, 0.2) is 5.78 Å². The molecule has 206 valence electrons. The molecule has 1 saturated carbocycles. The summed E-state index contributed by atoms with van der Waals surface area (Å²) in [7, 11) is 0. The van der Waals surface area contributed by atoms with Crippen molar-refractivity contribution in [3.63, 3.8) is 0 Å². The van der Waals surface area contributed by atoms with Crippen LogP contribution in [0.4, 0.5) is 21.8 Å². The van der Waals surface area contributed by atoms with Gasteiger partial charge in [0.1, 0.15) is 11.6 Å². The van der Waals surface area contributed by atoms with Gasteiger partial charge in [-0.2, -0.15) is 4.98 Å². The highest BCUT2D eigenvalue weighted by Crippen LogP contribution is 2.33. The third-order valence-electron chi connectivity index (χ3n) is 8.09. The van der Waals surface area contributed by atoms with Crippen LogP contribution >= 0.6 is 11.3 Å². The summed E-state index contributed by atoms with van der Waals surface area (Å²) in [5, 5.41) is 8.82. The predicted molar refractivity (Wildman–Crippen MR) is 155 cm³/mol. The second-order valence-corrected chi connectivity index (χ2v) is 11.8. The summed E-state index contributed by atoms with van der Waals surface area (Å²) in [6.07, 6.45) is 8.45. The van der Waals surface area contributed by atoms with Crippen molar-refractivity contribution in [2.75, 3.05) is 23.7 Å². The Labute approximate surface area is 232 Å². The van der Waals surface area contributed by atoms with Crippen LogP contribution in [0.5, 0.6) is 0 Å². The Kier molecular flexibility index (Phi) is 8.55. The number of benzene rings is 1. The van der Waals surface area contributed by atoms with Gasteiger partial charge >= 0.3 is 0 Å². The molecule has 39 heavy (non-hydrogen) atoms. The molecule has 2 aliphatic rings. The lowest BCUT2D eigenvalue weighted by Gasteiger charge is -2.31. The number of aromatic nitrogens is 2. The largest absolute Gasteiger partial charge is 0.366 e. The van der Waals surface area contributed by atoms with E-state index in [0.29, 0.717) is 41.9 Å². The Morgan fingerprint density at radius 1 is 1.10 bits per heavy atom. The van der Waals surface area contributed by atoms with Crippen molar-refractivity contribution >= 4 is 50.7 Å². The number of nitrogens with zero attached hydrogens (tertiary/aromatic N) is 3. The van der Waals surface area contributed by atoms with E-state index in [0.717, 1.165) is 67.6 Å². The molecule has 2 aromatic heterocycles. The van der Waals surface area contributed by atoms with Gasteiger partial charge in [-0.1, -0.05) is 12.6 Å². The van der Waals surface area contributed by atoms with Crippen LogP contribution in [-0.2, 0) is 16.0 Å². The van der Waals surface area contributed by atoms with Gasteiger partial charge < -0.3 is 15.5 Å². The summed E-state index contributed by atoms with van der Waals surface area (Å²) in [4.78, 5) is 34.6. The first kappa shape index (κ1) is 27.2. The van der Waals surface area contributed by atoms with Crippen LogP contribution in [0.15, 0.2) is 42.3 Å². The number of nitrogens with one attached hydrogen (secondary N) is 2. The number of likely N-dealkylation sites (tertiary alicyclic amines) is 1. The highest BCUT2D eigenvalue weighted by Gasteiger charge is 2.24. The zero-order valence-electron chi connectivity index (χ0n) is 22.4. The van der Waals surface area contributed by atoms with Crippen molar-refractivity contribution < 1.29 is 14.0 Å². The number of hydrogen-bond donors (Lipinski definition) is 2. The molecule has 9 heteroatoms. The summed E-state index contributed by atoms with van der Waals surface area (Å²) >= 11 is 1.60. The van der Waals surface area contributed by atoms with Gasteiger partial charge in [-0.3, -0.25) is 9.59 Å². The molecule has 3 aromatic rings. The highest BCUT2D eigenvalue weighted by molar-refractivity contribution is 7.17. The van der Waals surface area contributed by atoms with Gasteiger partial charge in [0.05, 0.1) is 10.2 Å². The Bertz CT molecular complexity index is 1340. The van der Waals surface area contributed by atoms with Crippen molar-refractivity contribution in [3.05, 3.63) is 53.7 Å². The fourth-order valence-corrected chi connectivity index (χ4v) is 6.56. The lowest BCUT2D eigenvalue weighted by molar-refractivity contribution is -0.130. The molecule has 7 nitrogen and oxygen atoms in total. The molecule has 2 fully saturated rings. The van der Waals surface area contributed by atoms with Gasteiger partial charge in [-0.05, 0) is 92.0 Å². The number of amides is 1. The molecule has 0 spiro atoms. The SMILES string of the molecule is C=CC(=O)CC1CCC(Nc2nc(Nc3ccc(CC4CCN(C(C)=O)CC4)c(F)c3)nc3ccsc23)CC1. The van der Waals surface area contributed by atoms with E-state index in [9.17, 15) is 9.59 Å². The van der Waals surface area contributed by atoms with Crippen LogP contribution in [0, 0.1) is 17.7 Å². The Hall–Kier alpha value is -3.33. The molecule has 0 unspecified atom stereocenters. The van der Waals surface area contributed by atoms with E-state index < -0.39 is 0 Å². The summed E-state index contributed by atoms with van der Waals surface area (Å²) in [6.45, 7) is 6.68. The number of carbonyl (C=O) groups excluding carboxylic acids is 2. The average molecular weight is 550 g/mol. The fraction of sp³-hybridized carbons (Fsp3) is 0.467. The van der Waals surface area contributed by atoms with E-state index in [1.807, 2.05) is 28.5 Å². The second-order valence-electron chi connectivity index (χ2n) is 10.9. The molecule has 1 aliphatic carbocycles. The molecule has 0 radical (unpaired) electrons. The normalized spacial score (nSPS) is 20.1. The summed E-state index contributed by atoms with van der Waals surface area (Å²) in [5.41, 5.74) is 2.15. The number of piperidine rings is 1. The van der Waals surface area contributed by atoms with E-state index in [4.69, 9.17) is 4.98 Å². The predicted octanol–water partition coefficient (Wildman–Crippen LogP) is 6.49. The maximum Gasteiger partial charge on any atom is 0.229 e. The van der Waals surface area contributed by atoms with E-state index in [2.05, 4.69) is 22.2 Å². The first-order valence-corrected chi connectivity index (χ1v) is 14.7. The lowest BCUT2D eigenvalue weighted by atomic mass is 9.83. The number of rotatable bonds is 9. The van der Waals surface area contributed by atoms with Crippen LogP contribution in [0.3, 0.4) is 0 Å². The quantitative estimate of drug-likeness (QED) is 0.297. The Morgan fingerprint density at radius 2 is 1.87 bits per heavy atom. The average Bonchev–Trinajstić information content (AvgIpc) is 3.41. The van der Waals surface area contributed by atoms with E-state index >= 15 is 4.39 Å². The maximum atomic E-state index is 15.1. The third kappa shape index (κ3) is 6.82. The number of fused-ring (bicyclic) bond motifs is 1. The van der Waals surface area contributed by atoms with Crippen molar-refractivity contribution in [3.8, 4) is 0 Å². The lowest BCUT2D eigenvalue weighted by Crippen LogP contribution is -2.37. The van der Waals surface area contributed by atoms with Gasteiger partial charge in [0, 0.05) is 38.2 Å². The van der Waals surface area contributed by atoms with Crippen molar-refractivity contribution in [2.45, 2.75) is 64.3 Å². The zero-order chi connectivity index (χ0) is 27.4. The third-order valence-corrected chi connectivity index (χ3v) is 9.00. The molecule has 1 aromatic carbocycles. The van der Waals surface area contributed by atoms with Gasteiger partial charge in [0.25, 0.3) is 0 Å². The Morgan fingerprint density at radius 3 is 2.56 bits per heavy atom. The maximum absolute atomic E-state index is 15.1. The van der Waals surface area contributed by atoms with E-state index in [-0.39, 0.29) is 23.5 Å². The molecular weight excluding hydrogens is 513 g/mol. The minimum Gasteiger partial charge on any atom is -0.366 e. The van der Waals surface area contributed by atoms with Crippen LogP contribution in [-0.4, -0.2) is 45.7 Å². The van der Waals surface area contributed by atoms with Crippen LogP contribution in [0.1, 0.15) is 57.4 Å². The summed E-state index contributed by atoms with van der Waals surface area (Å²) < 4.78 is 16.1. The molecule has 0 atom stereocenters. The first-order chi connectivity index (χ1) is 18.9. The van der Waals surface area contributed by atoms with E-state index in [1.54, 1.807) is 18.3 Å². The minimum atomic E-state index is -0.240. The van der Waals surface area contributed by atoms with Gasteiger partial charge in [-0.25, -0.2) is 9.37 Å². The van der Waals surface area contributed by atoms with Crippen LogP contribution in [0.25, 0.3) is 10.2 Å². The van der Waals surface area contributed by atoms with Crippen LogP contribution < -0.4 is 10.6 Å².